The summed E-state index contributed by atoms with van der Waals surface area (Å²) >= 11 is 0. The summed E-state index contributed by atoms with van der Waals surface area (Å²) in [5.74, 6) is 0. The average molecular weight is 189 g/mol. The van der Waals surface area contributed by atoms with E-state index in [0.29, 0.717) is 0 Å². The zero-order valence-electron chi connectivity index (χ0n) is 5.78. The summed E-state index contributed by atoms with van der Waals surface area (Å²) in [6.45, 7) is 8.70. The van der Waals surface area contributed by atoms with Crippen LogP contribution in [0.2, 0.25) is 0 Å². The molecule has 0 bridgehead atoms. The maximum atomic E-state index is 5.38. The molecule has 0 fully saturated rings. The van der Waals surface area contributed by atoms with Crippen molar-refractivity contribution in [3.05, 3.63) is 6.92 Å². The summed E-state index contributed by atoms with van der Waals surface area (Å²) < 4.78 is 0. The first-order chi connectivity index (χ1) is 3.12. The Morgan fingerprint density at radius 1 is 1.50 bits per heavy atom. The minimum atomic E-state index is 0. The van der Waals surface area contributed by atoms with Crippen LogP contribution in [0.25, 0.3) is 0 Å². The van der Waals surface area contributed by atoms with E-state index < -0.39 is 0 Å². The Bertz CT molecular complexity index is 46.5. The molecular weight excluding hydrogens is 175 g/mol. The van der Waals surface area contributed by atoms with E-state index in [-0.39, 0.29) is 38.1 Å². The van der Waals surface area contributed by atoms with Crippen molar-refractivity contribution >= 4 is 0 Å². The van der Waals surface area contributed by atoms with Crippen LogP contribution in [0.4, 0.5) is 0 Å². The van der Waals surface area contributed by atoms with Gasteiger partial charge in [-0.05, 0) is 6.54 Å². The second kappa shape index (κ2) is 4.90. The smallest absolute Gasteiger partial charge is 0.343 e. The molecule has 0 aromatic heterocycles. The molecule has 1 nitrogen and oxygen atoms in total. The van der Waals surface area contributed by atoms with Crippen molar-refractivity contribution in [2.24, 2.45) is 11.1 Å². The molecular formula is C6H14NY+2. The molecule has 0 saturated heterocycles. The SMILES string of the molecule is [CH2-]CC(C)(C)CN.[Y+3]. The minimum absolute atomic E-state index is 0. The molecule has 0 aliphatic rings. The van der Waals surface area contributed by atoms with Crippen molar-refractivity contribution in [1.29, 1.82) is 0 Å². The van der Waals surface area contributed by atoms with Crippen molar-refractivity contribution < 1.29 is 32.7 Å². The van der Waals surface area contributed by atoms with E-state index in [4.69, 9.17) is 5.73 Å². The van der Waals surface area contributed by atoms with Gasteiger partial charge in [-0.25, -0.2) is 0 Å². The topological polar surface area (TPSA) is 26.0 Å². The first kappa shape index (κ1) is 11.8. The molecule has 8 heavy (non-hydrogen) atoms. The fraction of sp³-hybridized carbons (Fsp3) is 0.833. The van der Waals surface area contributed by atoms with E-state index >= 15 is 0 Å². The van der Waals surface area contributed by atoms with Gasteiger partial charge in [0.15, 0.2) is 0 Å². The molecule has 0 rings (SSSR count). The van der Waals surface area contributed by atoms with Gasteiger partial charge in [0, 0.05) is 0 Å². The molecule has 0 amide bonds. The molecule has 0 atom stereocenters. The summed E-state index contributed by atoms with van der Waals surface area (Å²) in [6, 6.07) is 0. The molecule has 0 radical (unpaired) electrons. The van der Waals surface area contributed by atoms with E-state index in [2.05, 4.69) is 20.8 Å². The molecule has 0 saturated carbocycles. The van der Waals surface area contributed by atoms with Gasteiger partial charge in [-0.3, -0.25) is 0 Å². The molecule has 0 heterocycles. The van der Waals surface area contributed by atoms with E-state index in [1.165, 1.54) is 0 Å². The predicted molar refractivity (Wildman–Crippen MR) is 32.8 cm³/mol. The summed E-state index contributed by atoms with van der Waals surface area (Å²) in [5.41, 5.74) is 5.63. The van der Waals surface area contributed by atoms with Crippen LogP contribution in [0.15, 0.2) is 0 Å². The van der Waals surface area contributed by atoms with E-state index in [9.17, 15) is 0 Å². The molecule has 0 aromatic carbocycles. The van der Waals surface area contributed by atoms with Crippen LogP contribution in [0.5, 0.6) is 0 Å². The monoisotopic (exact) mass is 189 g/mol. The van der Waals surface area contributed by atoms with Crippen LogP contribution in [0, 0.1) is 12.3 Å². The van der Waals surface area contributed by atoms with E-state index in [1.807, 2.05) is 0 Å². The maximum absolute atomic E-state index is 5.38. The summed E-state index contributed by atoms with van der Waals surface area (Å²) in [7, 11) is 0. The second-order valence-corrected chi connectivity index (χ2v) is 2.62. The standard InChI is InChI=1S/C6H14N.Y/c1-4-6(2,3)5-7;/h1,4-5,7H2,2-3H3;/q-1;+3. The van der Waals surface area contributed by atoms with Gasteiger partial charge in [0.05, 0.1) is 0 Å². The number of hydrogen-bond acceptors (Lipinski definition) is 1. The van der Waals surface area contributed by atoms with Gasteiger partial charge < -0.3 is 12.7 Å². The van der Waals surface area contributed by atoms with Crippen molar-refractivity contribution in [1.82, 2.24) is 0 Å². The van der Waals surface area contributed by atoms with Crippen LogP contribution < -0.4 is 5.73 Å². The minimum Gasteiger partial charge on any atom is -0.343 e. The molecule has 0 unspecified atom stereocenters. The Morgan fingerprint density at radius 3 is 1.88 bits per heavy atom. The largest absolute Gasteiger partial charge is 3.00 e. The van der Waals surface area contributed by atoms with Crippen LogP contribution in [-0.2, 0) is 32.7 Å². The predicted octanol–water partition coefficient (Wildman–Crippen LogP) is 1.19. The van der Waals surface area contributed by atoms with Gasteiger partial charge in [0.2, 0.25) is 0 Å². The fourth-order valence-electron chi connectivity index (χ4n) is 0.102. The normalized spacial score (nSPS) is 10.5. The van der Waals surface area contributed by atoms with Crippen LogP contribution in [-0.4, -0.2) is 6.54 Å². The Balaban J connectivity index is 0. The molecule has 44 valence electrons. The summed E-state index contributed by atoms with van der Waals surface area (Å²) in [5, 5.41) is 0. The first-order valence-electron chi connectivity index (χ1n) is 2.62. The van der Waals surface area contributed by atoms with Crippen LogP contribution in [0.1, 0.15) is 20.3 Å². The van der Waals surface area contributed by atoms with Crippen molar-refractivity contribution in [2.75, 3.05) is 6.54 Å². The third kappa shape index (κ3) is 5.21. The number of nitrogens with two attached hydrogens (primary N) is 1. The maximum Gasteiger partial charge on any atom is 3.00 e. The van der Waals surface area contributed by atoms with Gasteiger partial charge in [-0.1, -0.05) is 19.3 Å². The zero-order chi connectivity index (χ0) is 5.91. The van der Waals surface area contributed by atoms with Gasteiger partial charge >= 0.3 is 32.7 Å². The van der Waals surface area contributed by atoms with Gasteiger partial charge in [0.25, 0.3) is 0 Å². The van der Waals surface area contributed by atoms with Crippen LogP contribution >= 0.6 is 0 Å². The molecule has 2 heteroatoms. The number of hydrogen-bond donors (Lipinski definition) is 1. The molecule has 0 spiro atoms. The summed E-state index contributed by atoms with van der Waals surface area (Å²) in [6.07, 6.45) is 0.920. The quantitative estimate of drug-likeness (QED) is 0.649. The van der Waals surface area contributed by atoms with Gasteiger partial charge in [-0.2, -0.15) is 6.42 Å². The second-order valence-electron chi connectivity index (χ2n) is 2.62. The van der Waals surface area contributed by atoms with Crippen LogP contribution in [0.3, 0.4) is 0 Å². The Morgan fingerprint density at radius 2 is 1.88 bits per heavy atom. The molecule has 0 aromatic rings. The molecule has 0 aliphatic carbocycles. The first-order valence-corrected chi connectivity index (χ1v) is 2.62. The van der Waals surface area contributed by atoms with E-state index in [0.717, 1.165) is 13.0 Å². The third-order valence-corrected chi connectivity index (χ3v) is 1.23. The molecule has 0 aliphatic heterocycles. The zero-order valence-corrected chi connectivity index (χ0v) is 8.61. The van der Waals surface area contributed by atoms with Gasteiger partial charge in [0.1, 0.15) is 0 Å². The Hall–Kier alpha value is 1.06. The fourth-order valence-corrected chi connectivity index (χ4v) is 0.102. The van der Waals surface area contributed by atoms with Gasteiger partial charge in [-0.15, -0.1) is 0 Å². The molecule has 2 N–H and O–H groups in total. The number of rotatable bonds is 2. The van der Waals surface area contributed by atoms with E-state index in [1.54, 1.807) is 0 Å². The Labute approximate surface area is 77.3 Å². The van der Waals surface area contributed by atoms with Crippen molar-refractivity contribution in [3.63, 3.8) is 0 Å². The average Bonchev–Trinajstić information content (AvgIpc) is 1.68. The summed E-state index contributed by atoms with van der Waals surface area (Å²) in [4.78, 5) is 0. The van der Waals surface area contributed by atoms with Crippen molar-refractivity contribution in [2.45, 2.75) is 20.3 Å². The Kier molecular flexibility index (Phi) is 7.23. The third-order valence-electron chi connectivity index (χ3n) is 1.23. The van der Waals surface area contributed by atoms with Crippen molar-refractivity contribution in [3.8, 4) is 0 Å².